The van der Waals surface area contributed by atoms with Crippen molar-refractivity contribution >= 4 is 9.84 Å². The molecule has 0 bridgehead atoms. The van der Waals surface area contributed by atoms with Gasteiger partial charge in [-0.1, -0.05) is 6.07 Å². The summed E-state index contributed by atoms with van der Waals surface area (Å²) in [5, 5.41) is 18.9. The zero-order chi connectivity index (χ0) is 14.2. The maximum absolute atomic E-state index is 13.7. The van der Waals surface area contributed by atoms with Gasteiger partial charge in [0.1, 0.15) is 12.2 Å². The summed E-state index contributed by atoms with van der Waals surface area (Å²) >= 11 is 0. The lowest BCUT2D eigenvalue weighted by Crippen LogP contribution is -2.30. The molecule has 0 aromatic heterocycles. The number of aliphatic hydroxyl groups is 2. The average molecular weight is 290 g/mol. The Hall–Kier alpha value is -1.18. The molecule has 19 heavy (non-hydrogen) atoms. The Morgan fingerprint density at radius 3 is 2.58 bits per heavy atom. The molecule has 1 heterocycles. The molecule has 5 nitrogen and oxygen atoms in total. The molecule has 2 N–H and O–H groups in total. The minimum Gasteiger partial charge on any atom is -0.484 e. The molecule has 1 aromatic rings. The molecule has 106 valence electrons. The van der Waals surface area contributed by atoms with Crippen molar-refractivity contribution in [3.05, 3.63) is 29.6 Å². The molecule has 0 spiro atoms. The summed E-state index contributed by atoms with van der Waals surface area (Å²) in [5.74, 6) is -1.53. The van der Waals surface area contributed by atoms with Crippen LogP contribution in [0.5, 0.6) is 5.75 Å². The Kier molecular flexibility index (Phi) is 3.80. The molecule has 0 radical (unpaired) electrons. The number of halogens is 1. The molecule has 0 saturated carbocycles. The zero-order valence-corrected chi connectivity index (χ0v) is 11.1. The number of hydrogen-bond donors (Lipinski definition) is 2. The lowest BCUT2D eigenvalue weighted by Gasteiger charge is -2.16. The summed E-state index contributed by atoms with van der Waals surface area (Å²) in [7, 11) is -3.34. The number of sulfone groups is 1. The van der Waals surface area contributed by atoms with Crippen molar-refractivity contribution in [3.63, 3.8) is 0 Å². The predicted molar refractivity (Wildman–Crippen MR) is 66.1 cm³/mol. The Labute approximate surface area is 110 Å². The SMILES string of the molecule is C[C@@H](O)c1ccc(OC2CS(=O)(=O)CC2O)c(F)c1. The van der Waals surface area contributed by atoms with Gasteiger partial charge in [0.15, 0.2) is 21.4 Å². The monoisotopic (exact) mass is 290 g/mol. The van der Waals surface area contributed by atoms with E-state index in [4.69, 9.17) is 4.74 Å². The topological polar surface area (TPSA) is 83.8 Å². The van der Waals surface area contributed by atoms with Crippen molar-refractivity contribution in [3.8, 4) is 5.75 Å². The van der Waals surface area contributed by atoms with Crippen LogP contribution < -0.4 is 4.74 Å². The van der Waals surface area contributed by atoms with Crippen LogP contribution in [0.25, 0.3) is 0 Å². The molecule has 1 aromatic carbocycles. The molecule has 1 aliphatic rings. The average Bonchev–Trinajstić information content (AvgIpc) is 2.54. The second-order valence-electron chi connectivity index (χ2n) is 4.67. The quantitative estimate of drug-likeness (QED) is 0.842. The first-order chi connectivity index (χ1) is 8.78. The summed E-state index contributed by atoms with van der Waals surface area (Å²) in [6.07, 6.45) is -2.92. The highest BCUT2D eigenvalue weighted by molar-refractivity contribution is 7.91. The Bertz CT molecular complexity index is 569. The second kappa shape index (κ2) is 5.07. The summed E-state index contributed by atoms with van der Waals surface area (Å²) in [4.78, 5) is 0. The summed E-state index contributed by atoms with van der Waals surface area (Å²) in [6, 6.07) is 3.92. The van der Waals surface area contributed by atoms with Crippen LogP contribution >= 0.6 is 0 Å². The minimum absolute atomic E-state index is 0.134. The van der Waals surface area contributed by atoms with Crippen LogP contribution in [0, 0.1) is 5.82 Å². The Morgan fingerprint density at radius 2 is 2.11 bits per heavy atom. The molecule has 1 aliphatic heterocycles. The van der Waals surface area contributed by atoms with Crippen molar-refractivity contribution < 1.29 is 27.8 Å². The van der Waals surface area contributed by atoms with Crippen molar-refractivity contribution in [2.75, 3.05) is 11.5 Å². The van der Waals surface area contributed by atoms with E-state index in [-0.39, 0.29) is 17.3 Å². The van der Waals surface area contributed by atoms with E-state index in [1.54, 1.807) is 0 Å². The lowest BCUT2D eigenvalue weighted by molar-refractivity contribution is 0.0710. The molecule has 2 unspecified atom stereocenters. The van der Waals surface area contributed by atoms with Crippen LogP contribution in [0.3, 0.4) is 0 Å². The molecule has 1 fully saturated rings. The van der Waals surface area contributed by atoms with Gasteiger partial charge in [-0.3, -0.25) is 0 Å². The highest BCUT2D eigenvalue weighted by Crippen LogP contribution is 2.25. The first-order valence-corrected chi connectivity index (χ1v) is 7.63. The van der Waals surface area contributed by atoms with E-state index in [1.807, 2.05) is 0 Å². The summed E-state index contributed by atoms with van der Waals surface area (Å²) in [5.41, 5.74) is 0.393. The number of aliphatic hydroxyl groups excluding tert-OH is 2. The summed E-state index contributed by atoms with van der Waals surface area (Å²) < 4.78 is 41.5. The highest BCUT2D eigenvalue weighted by atomic mass is 32.2. The predicted octanol–water partition coefficient (Wildman–Crippen LogP) is 0.416. The van der Waals surface area contributed by atoms with E-state index >= 15 is 0 Å². The standard InChI is InChI=1S/C12H15FO5S/c1-7(14)8-2-3-11(9(13)4-8)18-12-6-19(16,17)5-10(12)15/h2-4,7,10,12,14-15H,5-6H2,1H3/t7-,10?,12?/m1/s1. The third kappa shape index (κ3) is 3.23. The van der Waals surface area contributed by atoms with Gasteiger partial charge in [-0.05, 0) is 24.6 Å². The largest absolute Gasteiger partial charge is 0.484 e. The maximum atomic E-state index is 13.7. The molecular formula is C12H15FO5S. The van der Waals surface area contributed by atoms with Gasteiger partial charge in [0.25, 0.3) is 0 Å². The number of hydrogen-bond acceptors (Lipinski definition) is 5. The van der Waals surface area contributed by atoms with Crippen LogP contribution in [0.1, 0.15) is 18.6 Å². The second-order valence-corrected chi connectivity index (χ2v) is 6.82. The molecule has 0 aliphatic carbocycles. The third-order valence-electron chi connectivity index (χ3n) is 2.99. The van der Waals surface area contributed by atoms with Crippen molar-refractivity contribution in [1.29, 1.82) is 0 Å². The highest BCUT2D eigenvalue weighted by Gasteiger charge is 2.38. The lowest BCUT2D eigenvalue weighted by atomic mass is 10.1. The van der Waals surface area contributed by atoms with E-state index in [1.165, 1.54) is 19.1 Å². The maximum Gasteiger partial charge on any atom is 0.165 e. The van der Waals surface area contributed by atoms with Crippen molar-refractivity contribution in [2.45, 2.75) is 25.2 Å². The zero-order valence-electron chi connectivity index (χ0n) is 10.3. The molecule has 1 saturated heterocycles. The fourth-order valence-electron chi connectivity index (χ4n) is 1.95. The fraction of sp³-hybridized carbons (Fsp3) is 0.500. The van der Waals surface area contributed by atoms with Gasteiger partial charge in [0, 0.05) is 0 Å². The van der Waals surface area contributed by atoms with Crippen LogP contribution in [-0.4, -0.2) is 42.3 Å². The number of rotatable bonds is 3. The number of benzene rings is 1. The van der Waals surface area contributed by atoms with Crippen LogP contribution in [-0.2, 0) is 9.84 Å². The number of ether oxygens (including phenoxy) is 1. The molecule has 0 amide bonds. The fourth-order valence-corrected chi connectivity index (χ4v) is 3.61. The first-order valence-electron chi connectivity index (χ1n) is 5.81. The molecular weight excluding hydrogens is 275 g/mol. The van der Waals surface area contributed by atoms with Gasteiger partial charge < -0.3 is 14.9 Å². The van der Waals surface area contributed by atoms with Crippen LogP contribution in [0.15, 0.2) is 18.2 Å². The van der Waals surface area contributed by atoms with E-state index in [0.717, 1.165) is 6.07 Å². The normalized spacial score (nSPS) is 27.2. The van der Waals surface area contributed by atoms with Gasteiger partial charge in [-0.15, -0.1) is 0 Å². The summed E-state index contributed by atoms with van der Waals surface area (Å²) in [6.45, 7) is 1.50. The molecule has 7 heteroatoms. The Balaban J connectivity index is 2.16. The van der Waals surface area contributed by atoms with Gasteiger partial charge in [0.2, 0.25) is 0 Å². The van der Waals surface area contributed by atoms with E-state index in [0.29, 0.717) is 5.56 Å². The molecule has 2 rings (SSSR count). The van der Waals surface area contributed by atoms with E-state index in [9.17, 15) is 23.0 Å². The smallest absolute Gasteiger partial charge is 0.165 e. The van der Waals surface area contributed by atoms with Gasteiger partial charge in [0.05, 0.1) is 17.6 Å². The van der Waals surface area contributed by atoms with Crippen LogP contribution in [0.4, 0.5) is 4.39 Å². The third-order valence-corrected chi connectivity index (χ3v) is 4.67. The van der Waals surface area contributed by atoms with E-state index < -0.39 is 34.0 Å². The van der Waals surface area contributed by atoms with Crippen LogP contribution in [0.2, 0.25) is 0 Å². The molecule has 3 atom stereocenters. The van der Waals surface area contributed by atoms with Crippen molar-refractivity contribution in [1.82, 2.24) is 0 Å². The van der Waals surface area contributed by atoms with E-state index in [2.05, 4.69) is 0 Å². The first kappa shape index (κ1) is 14.2. The minimum atomic E-state index is -3.34. The van der Waals surface area contributed by atoms with Gasteiger partial charge >= 0.3 is 0 Å². The van der Waals surface area contributed by atoms with Gasteiger partial charge in [-0.2, -0.15) is 0 Å². The Morgan fingerprint density at radius 1 is 1.42 bits per heavy atom. The van der Waals surface area contributed by atoms with Gasteiger partial charge in [-0.25, -0.2) is 12.8 Å². The van der Waals surface area contributed by atoms with Crippen molar-refractivity contribution in [2.24, 2.45) is 0 Å².